The molecule has 0 spiro atoms. The van der Waals surface area contributed by atoms with Crippen molar-refractivity contribution in [3.05, 3.63) is 23.5 Å². The summed E-state index contributed by atoms with van der Waals surface area (Å²) >= 11 is 1.60. The van der Waals surface area contributed by atoms with Crippen molar-refractivity contribution in [2.75, 3.05) is 11.9 Å². The molecule has 0 bridgehead atoms. The maximum Gasteiger partial charge on any atom is 0.214 e. The minimum absolute atomic E-state index is 0.588. The number of aromatic nitrogens is 6. The number of imidazole rings is 1. The average molecular weight is 303 g/mol. The maximum absolute atomic E-state index is 4.50. The maximum atomic E-state index is 4.50. The van der Waals surface area contributed by atoms with Crippen LogP contribution < -0.4 is 5.32 Å². The number of hydrogen-bond donors (Lipinski definition) is 1. The fourth-order valence-corrected chi connectivity index (χ4v) is 3.64. The summed E-state index contributed by atoms with van der Waals surface area (Å²) in [6.07, 6.45) is 4.10. The predicted octanol–water partition coefficient (Wildman–Crippen LogP) is 1.67. The molecule has 21 heavy (non-hydrogen) atoms. The van der Waals surface area contributed by atoms with Gasteiger partial charge in [0.15, 0.2) is 0 Å². The van der Waals surface area contributed by atoms with E-state index in [0.29, 0.717) is 5.92 Å². The van der Waals surface area contributed by atoms with E-state index < -0.39 is 0 Å². The van der Waals surface area contributed by atoms with Gasteiger partial charge in [0.2, 0.25) is 10.1 Å². The molecule has 1 aliphatic heterocycles. The molecule has 3 aromatic heterocycles. The van der Waals surface area contributed by atoms with E-state index in [2.05, 4.69) is 30.2 Å². The molecule has 110 valence electrons. The third-order valence-electron chi connectivity index (χ3n) is 3.93. The van der Waals surface area contributed by atoms with Crippen LogP contribution in [-0.4, -0.2) is 35.9 Å². The fraction of sp³-hybridized carbons (Fsp3) is 0.538. The second-order valence-electron chi connectivity index (χ2n) is 5.58. The van der Waals surface area contributed by atoms with Gasteiger partial charge in [-0.2, -0.15) is 0 Å². The van der Waals surface area contributed by atoms with Gasteiger partial charge in [-0.3, -0.25) is 0 Å². The third-order valence-corrected chi connectivity index (χ3v) is 4.82. The molecule has 1 N–H and O–H groups in total. The molecule has 0 aliphatic carbocycles. The Morgan fingerprint density at radius 2 is 2.29 bits per heavy atom. The van der Waals surface area contributed by atoms with Gasteiger partial charge in [-0.05, 0) is 26.2 Å². The van der Waals surface area contributed by atoms with E-state index in [1.165, 1.54) is 0 Å². The van der Waals surface area contributed by atoms with Gasteiger partial charge in [0.1, 0.15) is 11.6 Å². The van der Waals surface area contributed by atoms with E-state index in [4.69, 9.17) is 0 Å². The summed E-state index contributed by atoms with van der Waals surface area (Å²) in [5, 5.41) is 17.2. The van der Waals surface area contributed by atoms with Crippen LogP contribution in [0.1, 0.15) is 23.8 Å². The molecule has 7 nitrogen and oxygen atoms in total. The lowest BCUT2D eigenvalue weighted by Gasteiger charge is -2.23. The van der Waals surface area contributed by atoms with Gasteiger partial charge in [0.25, 0.3) is 0 Å². The van der Waals surface area contributed by atoms with Crippen molar-refractivity contribution in [1.82, 2.24) is 29.4 Å². The molecule has 4 heterocycles. The fourth-order valence-electron chi connectivity index (χ4n) is 2.81. The highest BCUT2D eigenvalue weighted by atomic mass is 32.1. The van der Waals surface area contributed by atoms with Gasteiger partial charge < -0.3 is 9.88 Å². The summed E-state index contributed by atoms with van der Waals surface area (Å²) in [7, 11) is 0. The van der Waals surface area contributed by atoms with E-state index >= 15 is 0 Å². The molecule has 1 aliphatic rings. The molecule has 4 rings (SSSR count). The van der Waals surface area contributed by atoms with E-state index in [1.807, 2.05) is 24.6 Å². The second-order valence-corrected chi connectivity index (χ2v) is 6.53. The normalized spacial score (nSPS) is 18.1. The Bertz CT molecular complexity index is 752. The quantitative estimate of drug-likeness (QED) is 0.797. The molecule has 0 radical (unpaired) electrons. The van der Waals surface area contributed by atoms with Gasteiger partial charge in [0, 0.05) is 19.5 Å². The monoisotopic (exact) mass is 303 g/mol. The highest BCUT2D eigenvalue weighted by Gasteiger charge is 2.21. The van der Waals surface area contributed by atoms with Gasteiger partial charge in [-0.15, -0.1) is 15.3 Å². The number of hydrogen-bond acceptors (Lipinski definition) is 6. The largest absolute Gasteiger partial charge is 0.360 e. The van der Waals surface area contributed by atoms with Crippen molar-refractivity contribution in [3.63, 3.8) is 0 Å². The summed E-state index contributed by atoms with van der Waals surface area (Å²) in [4.78, 5) is 5.36. The van der Waals surface area contributed by atoms with E-state index in [9.17, 15) is 0 Å². The zero-order chi connectivity index (χ0) is 14.4. The lowest BCUT2D eigenvalue weighted by molar-refractivity contribution is 0.377. The molecule has 0 saturated carbocycles. The summed E-state index contributed by atoms with van der Waals surface area (Å²) in [5.74, 6) is 2.72. The highest BCUT2D eigenvalue weighted by Crippen LogP contribution is 2.23. The number of nitrogens with one attached hydrogen (secondary N) is 1. The molecule has 1 atom stereocenters. The summed E-state index contributed by atoms with van der Waals surface area (Å²) < 4.78 is 4.07. The number of anilines is 1. The van der Waals surface area contributed by atoms with Crippen molar-refractivity contribution in [3.8, 4) is 0 Å². The lowest BCUT2D eigenvalue weighted by atomic mass is 9.99. The van der Waals surface area contributed by atoms with Crippen molar-refractivity contribution in [2.24, 2.45) is 5.92 Å². The lowest BCUT2D eigenvalue weighted by Crippen LogP contribution is -2.26. The minimum atomic E-state index is 0.588. The summed E-state index contributed by atoms with van der Waals surface area (Å²) in [5.41, 5.74) is 1.00. The zero-order valence-corrected chi connectivity index (χ0v) is 12.9. The van der Waals surface area contributed by atoms with Crippen LogP contribution in [0.4, 0.5) is 5.13 Å². The molecule has 0 saturated heterocycles. The molecule has 0 fully saturated rings. The van der Waals surface area contributed by atoms with Crippen LogP contribution in [-0.2, 0) is 13.0 Å². The van der Waals surface area contributed by atoms with Crippen LogP contribution in [0.15, 0.2) is 6.20 Å². The Morgan fingerprint density at radius 1 is 1.38 bits per heavy atom. The van der Waals surface area contributed by atoms with E-state index in [0.717, 1.165) is 53.4 Å². The molecule has 3 aromatic rings. The first-order valence-corrected chi connectivity index (χ1v) is 7.96. The Morgan fingerprint density at radius 3 is 3.14 bits per heavy atom. The van der Waals surface area contributed by atoms with Crippen molar-refractivity contribution in [2.45, 2.75) is 33.2 Å². The van der Waals surface area contributed by atoms with E-state index in [1.54, 1.807) is 11.3 Å². The van der Waals surface area contributed by atoms with Gasteiger partial charge in [-0.1, -0.05) is 11.3 Å². The zero-order valence-electron chi connectivity index (χ0n) is 12.1. The number of nitrogens with zero attached hydrogens (tertiary/aromatic N) is 6. The third kappa shape index (κ3) is 2.29. The number of fused-ring (bicyclic) bond motifs is 2. The topological polar surface area (TPSA) is 72.9 Å². The average Bonchev–Trinajstić information content (AvgIpc) is 3.10. The summed E-state index contributed by atoms with van der Waals surface area (Å²) in [6.45, 7) is 5.91. The van der Waals surface area contributed by atoms with Crippen LogP contribution in [0.5, 0.6) is 0 Å². The van der Waals surface area contributed by atoms with Crippen molar-refractivity contribution >= 4 is 21.4 Å². The standard InChI is InChI=1S/C13H17N7S/c1-8-6-20-13(15-8)21-12(18-20)14-5-10-3-4-11-17-16-9(2)19(11)7-10/h6,10H,3-5,7H2,1-2H3,(H,14,18). The first-order valence-electron chi connectivity index (χ1n) is 7.14. The van der Waals surface area contributed by atoms with Gasteiger partial charge in [-0.25, -0.2) is 9.50 Å². The minimum Gasteiger partial charge on any atom is -0.360 e. The second kappa shape index (κ2) is 4.80. The molecular formula is C13H17N7S. The first kappa shape index (κ1) is 12.8. The Kier molecular flexibility index (Phi) is 2.91. The van der Waals surface area contributed by atoms with Crippen molar-refractivity contribution < 1.29 is 0 Å². The number of aryl methyl sites for hydroxylation is 3. The summed E-state index contributed by atoms with van der Waals surface area (Å²) in [6, 6.07) is 0. The molecule has 0 amide bonds. The van der Waals surface area contributed by atoms with Gasteiger partial charge in [0.05, 0.1) is 11.9 Å². The van der Waals surface area contributed by atoms with Crippen LogP contribution in [0.2, 0.25) is 0 Å². The highest BCUT2D eigenvalue weighted by molar-refractivity contribution is 7.20. The van der Waals surface area contributed by atoms with Gasteiger partial charge >= 0.3 is 0 Å². The molecular weight excluding hydrogens is 286 g/mol. The smallest absolute Gasteiger partial charge is 0.214 e. The van der Waals surface area contributed by atoms with Crippen LogP contribution in [0.25, 0.3) is 4.96 Å². The Labute approximate surface area is 126 Å². The van der Waals surface area contributed by atoms with E-state index in [-0.39, 0.29) is 0 Å². The molecule has 1 unspecified atom stereocenters. The first-order chi connectivity index (χ1) is 10.2. The Hall–Kier alpha value is -1.96. The molecule has 8 heteroatoms. The number of rotatable bonds is 3. The SMILES string of the molecule is Cc1cn2nc(NCC3CCc4nnc(C)n4C3)sc2n1. The van der Waals surface area contributed by atoms with Crippen LogP contribution >= 0.6 is 11.3 Å². The van der Waals surface area contributed by atoms with Crippen LogP contribution in [0.3, 0.4) is 0 Å². The van der Waals surface area contributed by atoms with Crippen LogP contribution in [0, 0.1) is 19.8 Å². The van der Waals surface area contributed by atoms with Crippen molar-refractivity contribution in [1.29, 1.82) is 0 Å². The molecule has 0 aromatic carbocycles. The predicted molar refractivity (Wildman–Crippen MR) is 80.7 cm³/mol. The Balaban J connectivity index is 1.43.